The van der Waals surface area contributed by atoms with Gasteiger partial charge >= 0.3 is 0 Å². The predicted octanol–water partition coefficient (Wildman–Crippen LogP) is 3.85. The van der Waals surface area contributed by atoms with Gasteiger partial charge in [0.1, 0.15) is 10.7 Å². The van der Waals surface area contributed by atoms with Gasteiger partial charge in [0.05, 0.1) is 5.69 Å². The highest BCUT2D eigenvalue weighted by Crippen LogP contribution is 2.33. The number of nitrogens with zero attached hydrogens (tertiary/aromatic N) is 1. The molecule has 1 amide bonds. The SMILES string of the molecule is CC(=O)N(C1=C(Cl)C(=O)c2ccccc2C1=O)c1ccc(F)c(F)c1. The number of benzene rings is 2. The molecular formula is C18H10ClF2NO3. The van der Waals surface area contributed by atoms with Crippen molar-refractivity contribution in [3.05, 3.63) is 76.0 Å². The van der Waals surface area contributed by atoms with E-state index < -0.39 is 34.1 Å². The number of allylic oxidation sites excluding steroid dienone is 2. The summed E-state index contributed by atoms with van der Waals surface area (Å²) < 4.78 is 26.7. The Morgan fingerprint density at radius 2 is 1.56 bits per heavy atom. The normalized spacial score (nSPS) is 13.8. The van der Waals surface area contributed by atoms with Gasteiger partial charge in [-0.15, -0.1) is 0 Å². The quantitative estimate of drug-likeness (QED) is 0.816. The first-order chi connectivity index (χ1) is 11.8. The highest BCUT2D eigenvalue weighted by molar-refractivity contribution is 6.50. The fraction of sp³-hybridized carbons (Fsp3) is 0.0556. The monoisotopic (exact) mass is 361 g/mol. The lowest BCUT2D eigenvalue weighted by Crippen LogP contribution is -2.36. The van der Waals surface area contributed by atoms with Crippen molar-refractivity contribution in [3.8, 4) is 0 Å². The molecular weight excluding hydrogens is 352 g/mol. The maximum absolute atomic E-state index is 13.6. The molecule has 0 unspecified atom stereocenters. The average Bonchev–Trinajstić information content (AvgIpc) is 2.59. The third-order valence-corrected chi connectivity index (χ3v) is 4.09. The molecule has 2 aromatic rings. The minimum Gasteiger partial charge on any atom is -0.287 e. The summed E-state index contributed by atoms with van der Waals surface area (Å²) in [4.78, 5) is 38.1. The number of Topliss-reactive ketones (excluding diaryl/α,β-unsaturated/α-hetero) is 2. The predicted molar refractivity (Wildman–Crippen MR) is 87.5 cm³/mol. The van der Waals surface area contributed by atoms with Crippen LogP contribution < -0.4 is 4.90 Å². The zero-order valence-electron chi connectivity index (χ0n) is 12.8. The van der Waals surface area contributed by atoms with Crippen LogP contribution in [0.1, 0.15) is 27.6 Å². The van der Waals surface area contributed by atoms with Crippen LogP contribution in [0.25, 0.3) is 0 Å². The Morgan fingerprint density at radius 1 is 0.960 bits per heavy atom. The summed E-state index contributed by atoms with van der Waals surface area (Å²) in [5.41, 5.74) is -0.292. The van der Waals surface area contributed by atoms with Gasteiger partial charge in [-0.05, 0) is 12.1 Å². The second-order valence-corrected chi connectivity index (χ2v) is 5.70. The minimum absolute atomic E-state index is 0.0840. The van der Waals surface area contributed by atoms with Crippen LogP contribution in [0.15, 0.2) is 53.2 Å². The van der Waals surface area contributed by atoms with Crippen LogP contribution in [-0.2, 0) is 4.79 Å². The number of hydrogen-bond acceptors (Lipinski definition) is 3. The molecule has 0 aliphatic heterocycles. The van der Waals surface area contributed by atoms with Crippen molar-refractivity contribution >= 4 is 34.8 Å². The van der Waals surface area contributed by atoms with Crippen molar-refractivity contribution in [1.29, 1.82) is 0 Å². The Bertz CT molecular complexity index is 969. The largest absolute Gasteiger partial charge is 0.287 e. The maximum Gasteiger partial charge on any atom is 0.228 e. The maximum atomic E-state index is 13.6. The number of halogens is 3. The molecule has 1 aliphatic rings. The van der Waals surface area contributed by atoms with E-state index in [2.05, 4.69) is 0 Å². The van der Waals surface area contributed by atoms with Gasteiger partial charge in [0.15, 0.2) is 11.6 Å². The van der Waals surface area contributed by atoms with Gasteiger partial charge in [-0.1, -0.05) is 35.9 Å². The van der Waals surface area contributed by atoms with E-state index in [4.69, 9.17) is 11.6 Å². The second-order valence-electron chi connectivity index (χ2n) is 5.32. The Labute approximate surface area is 146 Å². The third kappa shape index (κ3) is 2.74. The number of rotatable bonds is 2. The smallest absolute Gasteiger partial charge is 0.228 e. The van der Waals surface area contributed by atoms with Gasteiger partial charge in [0.2, 0.25) is 17.5 Å². The first-order valence-corrected chi connectivity index (χ1v) is 7.54. The molecule has 0 atom stereocenters. The fourth-order valence-corrected chi connectivity index (χ4v) is 2.90. The molecule has 0 spiro atoms. The minimum atomic E-state index is -1.20. The van der Waals surface area contributed by atoms with Gasteiger partial charge in [0, 0.05) is 24.1 Å². The molecule has 0 saturated heterocycles. The lowest BCUT2D eigenvalue weighted by molar-refractivity contribution is -0.116. The van der Waals surface area contributed by atoms with Crippen LogP contribution in [0.2, 0.25) is 0 Å². The van der Waals surface area contributed by atoms with Crippen molar-refractivity contribution in [2.75, 3.05) is 4.90 Å². The van der Waals surface area contributed by atoms with Crippen LogP contribution in [0.5, 0.6) is 0 Å². The standard InChI is InChI=1S/C18H10ClF2NO3/c1-9(23)22(10-6-7-13(20)14(21)8-10)16-15(19)17(24)11-4-2-3-5-12(11)18(16)25/h2-8H,1H3. The zero-order valence-corrected chi connectivity index (χ0v) is 13.6. The molecule has 25 heavy (non-hydrogen) atoms. The molecule has 0 fully saturated rings. The van der Waals surface area contributed by atoms with E-state index in [-0.39, 0.29) is 22.5 Å². The van der Waals surface area contributed by atoms with Crippen molar-refractivity contribution in [2.24, 2.45) is 0 Å². The number of anilines is 1. The molecule has 4 nitrogen and oxygen atoms in total. The fourth-order valence-electron chi connectivity index (χ4n) is 2.62. The lowest BCUT2D eigenvalue weighted by Gasteiger charge is -2.27. The number of carbonyl (C=O) groups excluding carboxylic acids is 3. The molecule has 126 valence electrons. The van der Waals surface area contributed by atoms with Crippen LogP contribution in [0.3, 0.4) is 0 Å². The Hall–Kier alpha value is -2.86. The van der Waals surface area contributed by atoms with Crippen LogP contribution in [0.4, 0.5) is 14.5 Å². The Balaban J connectivity index is 2.21. The molecule has 0 radical (unpaired) electrons. The summed E-state index contributed by atoms with van der Waals surface area (Å²) >= 11 is 6.06. The van der Waals surface area contributed by atoms with Gasteiger partial charge in [-0.2, -0.15) is 0 Å². The van der Waals surface area contributed by atoms with Crippen molar-refractivity contribution in [1.82, 2.24) is 0 Å². The van der Waals surface area contributed by atoms with E-state index in [0.717, 1.165) is 30.0 Å². The van der Waals surface area contributed by atoms with E-state index in [1.165, 1.54) is 12.1 Å². The van der Waals surface area contributed by atoms with Gasteiger partial charge in [-0.3, -0.25) is 19.3 Å². The number of hydrogen-bond donors (Lipinski definition) is 0. The number of amides is 1. The zero-order chi connectivity index (χ0) is 18.3. The molecule has 0 heterocycles. The molecule has 0 aromatic heterocycles. The summed E-state index contributed by atoms with van der Waals surface area (Å²) in [6.45, 7) is 1.12. The summed E-state index contributed by atoms with van der Waals surface area (Å²) in [7, 11) is 0. The van der Waals surface area contributed by atoms with E-state index in [1.54, 1.807) is 12.1 Å². The summed E-state index contributed by atoms with van der Waals surface area (Å²) in [6, 6.07) is 8.72. The van der Waals surface area contributed by atoms with Crippen LogP contribution >= 0.6 is 11.6 Å². The molecule has 0 bridgehead atoms. The number of ketones is 2. The third-order valence-electron chi connectivity index (χ3n) is 3.74. The van der Waals surface area contributed by atoms with E-state index in [0.29, 0.717) is 0 Å². The first kappa shape index (κ1) is 17.0. The molecule has 0 saturated carbocycles. The Morgan fingerprint density at radius 3 is 2.12 bits per heavy atom. The summed E-state index contributed by atoms with van der Waals surface area (Å²) in [6.07, 6.45) is 0. The van der Waals surface area contributed by atoms with E-state index >= 15 is 0 Å². The van der Waals surface area contributed by atoms with Crippen LogP contribution in [-0.4, -0.2) is 17.5 Å². The van der Waals surface area contributed by atoms with Gasteiger partial charge < -0.3 is 0 Å². The van der Waals surface area contributed by atoms with Crippen molar-refractivity contribution in [3.63, 3.8) is 0 Å². The van der Waals surface area contributed by atoms with Gasteiger partial charge in [-0.25, -0.2) is 8.78 Å². The first-order valence-electron chi connectivity index (χ1n) is 7.17. The van der Waals surface area contributed by atoms with Gasteiger partial charge in [0.25, 0.3) is 0 Å². The second kappa shape index (κ2) is 6.22. The molecule has 0 N–H and O–H groups in total. The van der Waals surface area contributed by atoms with E-state index in [9.17, 15) is 23.2 Å². The molecule has 1 aliphatic carbocycles. The molecule has 3 rings (SSSR count). The number of fused-ring (bicyclic) bond motifs is 1. The molecule has 7 heteroatoms. The summed E-state index contributed by atoms with van der Waals surface area (Å²) in [5.74, 6) is -4.26. The average molecular weight is 362 g/mol. The highest BCUT2D eigenvalue weighted by Gasteiger charge is 2.36. The van der Waals surface area contributed by atoms with Crippen molar-refractivity contribution < 1.29 is 23.2 Å². The summed E-state index contributed by atoms with van der Waals surface area (Å²) in [5, 5.41) is -0.455. The number of carbonyl (C=O) groups is 3. The highest BCUT2D eigenvalue weighted by atomic mass is 35.5. The molecule has 2 aromatic carbocycles. The van der Waals surface area contributed by atoms with E-state index in [1.807, 2.05) is 0 Å². The lowest BCUT2D eigenvalue weighted by atomic mass is 9.91. The van der Waals surface area contributed by atoms with Crippen LogP contribution in [0, 0.1) is 11.6 Å². The topological polar surface area (TPSA) is 54.5 Å². The Kier molecular flexibility index (Phi) is 4.22. The van der Waals surface area contributed by atoms with Crippen molar-refractivity contribution in [2.45, 2.75) is 6.92 Å².